The molecular weight excluding hydrogens is 343 g/mol. The summed E-state index contributed by atoms with van der Waals surface area (Å²) < 4.78 is 19.1. The van der Waals surface area contributed by atoms with E-state index in [1.54, 1.807) is 4.90 Å². The molecule has 0 atom stereocenters. The summed E-state index contributed by atoms with van der Waals surface area (Å²) in [6.45, 7) is 5.41. The number of hydrogen-bond donors (Lipinski definition) is 3. The molecule has 1 aromatic rings. The first-order chi connectivity index (χ1) is 12.5. The molecule has 1 aliphatic heterocycles. The molecular formula is C17H25FN4O4. The monoisotopic (exact) mass is 368 g/mol. The van der Waals surface area contributed by atoms with Gasteiger partial charge in [-0.15, -0.1) is 0 Å². The molecule has 26 heavy (non-hydrogen) atoms. The van der Waals surface area contributed by atoms with Gasteiger partial charge in [-0.05, 0) is 18.2 Å². The topological polar surface area (TPSA) is 94.1 Å². The van der Waals surface area contributed by atoms with Crippen LogP contribution in [0.3, 0.4) is 0 Å². The molecule has 1 heterocycles. The smallest absolute Gasteiger partial charge is 0.322 e. The van der Waals surface area contributed by atoms with E-state index >= 15 is 0 Å². The predicted octanol–water partition coefficient (Wildman–Crippen LogP) is 0.942. The van der Waals surface area contributed by atoms with Crippen LogP contribution < -0.4 is 10.6 Å². The van der Waals surface area contributed by atoms with Gasteiger partial charge in [-0.3, -0.25) is 9.69 Å². The third kappa shape index (κ3) is 6.25. The lowest BCUT2D eigenvalue weighted by atomic mass is 10.2. The summed E-state index contributed by atoms with van der Waals surface area (Å²) in [4.78, 5) is 27.2. The highest BCUT2D eigenvalue weighted by Crippen LogP contribution is 2.20. The van der Waals surface area contributed by atoms with Gasteiger partial charge < -0.3 is 25.4 Å². The second-order valence-electron chi connectivity index (χ2n) is 5.97. The van der Waals surface area contributed by atoms with Crippen LogP contribution in [0.2, 0.25) is 0 Å². The number of amides is 3. The van der Waals surface area contributed by atoms with E-state index < -0.39 is 5.82 Å². The Kier molecular flexibility index (Phi) is 7.76. The van der Waals surface area contributed by atoms with E-state index in [4.69, 9.17) is 9.84 Å². The molecule has 0 aromatic heterocycles. The maximum Gasteiger partial charge on any atom is 0.322 e. The van der Waals surface area contributed by atoms with Crippen LogP contribution in [0.25, 0.3) is 0 Å². The zero-order valence-corrected chi connectivity index (χ0v) is 14.8. The normalized spacial score (nSPS) is 15.0. The molecule has 0 unspecified atom stereocenters. The van der Waals surface area contributed by atoms with E-state index in [2.05, 4.69) is 15.5 Å². The van der Waals surface area contributed by atoms with Crippen molar-refractivity contribution in [3.05, 3.63) is 24.0 Å². The first-order valence-electron chi connectivity index (χ1n) is 8.53. The highest BCUT2D eigenvalue weighted by molar-refractivity contribution is 5.92. The highest BCUT2D eigenvalue weighted by atomic mass is 19.1. The van der Waals surface area contributed by atoms with Crippen molar-refractivity contribution in [2.75, 3.05) is 63.2 Å². The van der Waals surface area contributed by atoms with Gasteiger partial charge in [0.2, 0.25) is 5.91 Å². The number of benzene rings is 1. The lowest BCUT2D eigenvalue weighted by molar-refractivity contribution is -0.114. The molecule has 0 saturated carbocycles. The first kappa shape index (κ1) is 20.1. The Labute approximate surface area is 151 Å². The number of ether oxygens (including phenoxy) is 1. The van der Waals surface area contributed by atoms with Crippen molar-refractivity contribution >= 4 is 23.3 Å². The quantitative estimate of drug-likeness (QED) is 0.623. The Morgan fingerprint density at radius 1 is 1.19 bits per heavy atom. The van der Waals surface area contributed by atoms with Crippen molar-refractivity contribution in [2.24, 2.45) is 0 Å². The zero-order chi connectivity index (χ0) is 18.9. The number of hydrogen-bond acceptors (Lipinski definition) is 5. The van der Waals surface area contributed by atoms with Crippen molar-refractivity contribution in [2.45, 2.75) is 6.92 Å². The van der Waals surface area contributed by atoms with E-state index in [1.807, 2.05) is 0 Å². The summed E-state index contributed by atoms with van der Waals surface area (Å²) in [5.74, 6) is -0.833. The van der Waals surface area contributed by atoms with E-state index in [1.165, 1.54) is 25.1 Å². The number of rotatable bonds is 7. The molecule has 144 valence electrons. The minimum Gasteiger partial charge on any atom is -0.394 e. The third-order valence-electron chi connectivity index (χ3n) is 3.98. The lowest BCUT2D eigenvalue weighted by Crippen LogP contribution is -2.50. The number of nitrogens with zero attached hydrogens (tertiary/aromatic N) is 2. The van der Waals surface area contributed by atoms with Gasteiger partial charge in [-0.1, -0.05) is 0 Å². The maximum atomic E-state index is 13.9. The van der Waals surface area contributed by atoms with Crippen LogP contribution >= 0.6 is 0 Å². The molecule has 1 fully saturated rings. The van der Waals surface area contributed by atoms with Crippen LogP contribution in [0.1, 0.15) is 6.92 Å². The summed E-state index contributed by atoms with van der Waals surface area (Å²) >= 11 is 0. The summed E-state index contributed by atoms with van der Waals surface area (Å²) in [5, 5.41) is 13.8. The Morgan fingerprint density at radius 2 is 1.92 bits per heavy atom. The van der Waals surface area contributed by atoms with Gasteiger partial charge >= 0.3 is 6.03 Å². The fourth-order valence-corrected chi connectivity index (χ4v) is 2.63. The average molecular weight is 368 g/mol. The van der Waals surface area contributed by atoms with Gasteiger partial charge in [0.25, 0.3) is 0 Å². The van der Waals surface area contributed by atoms with E-state index in [0.29, 0.717) is 45.1 Å². The maximum absolute atomic E-state index is 13.9. The SMILES string of the molecule is CC(=O)Nc1ccc(F)c(NC(=O)N2CCN(CCOCCO)CC2)c1. The van der Waals surface area contributed by atoms with Crippen molar-refractivity contribution in [1.29, 1.82) is 0 Å². The number of aliphatic hydroxyl groups is 1. The molecule has 9 heteroatoms. The molecule has 3 N–H and O–H groups in total. The Morgan fingerprint density at radius 3 is 2.58 bits per heavy atom. The van der Waals surface area contributed by atoms with Crippen LogP contribution in [0, 0.1) is 5.82 Å². The molecule has 1 aliphatic rings. The fourth-order valence-electron chi connectivity index (χ4n) is 2.63. The minimum atomic E-state index is -0.563. The Balaban J connectivity index is 1.82. The van der Waals surface area contributed by atoms with Gasteiger partial charge in [0.1, 0.15) is 5.82 Å². The van der Waals surface area contributed by atoms with Crippen molar-refractivity contribution in [3.63, 3.8) is 0 Å². The Hall–Kier alpha value is -2.23. The van der Waals surface area contributed by atoms with Gasteiger partial charge in [-0.25, -0.2) is 9.18 Å². The van der Waals surface area contributed by atoms with Crippen LogP contribution in [0.5, 0.6) is 0 Å². The number of urea groups is 1. The van der Waals surface area contributed by atoms with Crippen molar-refractivity contribution in [3.8, 4) is 0 Å². The summed E-state index contributed by atoms with van der Waals surface area (Å²) in [6.07, 6.45) is 0. The van der Waals surface area contributed by atoms with Gasteiger partial charge in [0, 0.05) is 45.3 Å². The second-order valence-corrected chi connectivity index (χ2v) is 5.97. The van der Waals surface area contributed by atoms with Gasteiger partial charge in [-0.2, -0.15) is 0 Å². The van der Waals surface area contributed by atoms with E-state index in [9.17, 15) is 14.0 Å². The molecule has 2 rings (SSSR count). The number of nitrogens with one attached hydrogen (secondary N) is 2. The molecule has 0 bridgehead atoms. The molecule has 0 aliphatic carbocycles. The summed E-state index contributed by atoms with van der Waals surface area (Å²) in [7, 11) is 0. The van der Waals surface area contributed by atoms with Gasteiger partial charge in [0.15, 0.2) is 0 Å². The van der Waals surface area contributed by atoms with Crippen LogP contribution in [-0.4, -0.2) is 79.4 Å². The molecule has 3 amide bonds. The fraction of sp³-hybridized carbons (Fsp3) is 0.529. The third-order valence-corrected chi connectivity index (χ3v) is 3.98. The molecule has 8 nitrogen and oxygen atoms in total. The largest absolute Gasteiger partial charge is 0.394 e. The number of halogens is 1. The minimum absolute atomic E-state index is 0.00758. The number of piperazine rings is 1. The number of aliphatic hydroxyl groups excluding tert-OH is 1. The van der Waals surface area contributed by atoms with Crippen LogP contribution in [0.4, 0.5) is 20.6 Å². The zero-order valence-electron chi connectivity index (χ0n) is 14.8. The van der Waals surface area contributed by atoms with Crippen molar-refractivity contribution < 1.29 is 23.8 Å². The van der Waals surface area contributed by atoms with Crippen LogP contribution in [-0.2, 0) is 9.53 Å². The first-order valence-corrected chi connectivity index (χ1v) is 8.53. The van der Waals surface area contributed by atoms with Crippen molar-refractivity contribution in [1.82, 2.24) is 9.80 Å². The molecule has 1 aromatic carbocycles. The summed E-state index contributed by atoms with van der Waals surface area (Å²) in [6, 6.07) is 3.65. The molecule has 0 spiro atoms. The van der Waals surface area contributed by atoms with E-state index in [0.717, 1.165) is 6.54 Å². The standard InChI is InChI=1S/C17H25FN4O4/c1-13(24)19-14-2-3-15(18)16(12-14)20-17(25)22-6-4-21(5-7-22)8-10-26-11-9-23/h2-3,12,23H,4-11H2,1H3,(H,19,24)(H,20,25). The van der Waals surface area contributed by atoms with E-state index in [-0.39, 0.29) is 24.2 Å². The second kappa shape index (κ2) is 10.0. The number of carbonyl (C=O) groups excluding carboxylic acids is 2. The molecule has 1 saturated heterocycles. The summed E-state index contributed by atoms with van der Waals surface area (Å²) in [5.41, 5.74) is 0.447. The number of carbonyl (C=O) groups is 2. The van der Waals surface area contributed by atoms with Crippen LogP contribution in [0.15, 0.2) is 18.2 Å². The lowest BCUT2D eigenvalue weighted by Gasteiger charge is -2.34. The molecule has 0 radical (unpaired) electrons. The average Bonchev–Trinajstić information content (AvgIpc) is 2.61. The predicted molar refractivity (Wildman–Crippen MR) is 95.6 cm³/mol. The highest BCUT2D eigenvalue weighted by Gasteiger charge is 2.21. The van der Waals surface area contributed by atoms with Gasteiger partial charge in [0.05, 0.1) is 25.5 Å². The number of anilines is 2. The Bertz CT molecular complexity index is 621.